The maximum Gasteiger partial charge on any atom is -0.172 e. The largest absolute Gasteiger partial charge is 1.00 e. The fourth-order valence-corrected chi connectivity index (χ4v) is 5.88. The van der Waals surface area contributed by atoms with E-state index in [1.807, 2.05) is 61.5 Å². The van der Waals surface area contributed by atoms with Gasteiger partial charge in [-0.05, 0) is 28.4 Å². The zero-order valence-corrected chi connectivity index (χ0v) is 32.0. The molecular formula is C41H41Cl2F3Zr-2. The van der Waals surface area contributed by atoms with Crippen LogP contribution in [0.3, 0.4) is 0 Å². The van der Waals surface area contributed by atoms with Crippen molar-refractivity contribution in [1.29, 1.82) is 0 Å². The summed E-state index contributed by atoms with van der Waals surface area (Å²) in [5.41, 5.74) is 10.9. The second-order valence-electron chi connectivity index (χ2n) is 13.6. The van der Waals surface area contributed by atoms with E-state index in [9.17, 15) is 13.2 Å². The van der Waals surface area contributed by atoms with Crippen LogP contribution in [0, 0.1) is 13.0 Å². The molecule has 0 aromatic heterocycles. The van der Waals surface area contributed by atoms with Crippen molar-refractivity contribution in [3.8, 4) is 11.1 Å². The molecule has 0 heterocycles. The Morgan fingerprint density at radius 2 is 1.30 bits per heavy atom. The van der Waals surface area contributed by atoms with Crippen molar-refractivity contribution in [3.63, 3.8) is 0 Å². The quantitative estimate of drug-likeness (QED) is 0.214. The van der Waals surface area contributed by atoms with Crippen LogP contribution >= 0.6 is 0 Å². The van der Waals surface area contributed by atoms with E-state index in [-0.39, 0.29) is 35.6 Å². The molecule has 1 aliphatic carbocycles. The Bertz CT molecular complexity index is 1660. The van der Waals surface area contributed by atoms with Gasteiger partial charge >= 0.3 is 124 Å². The molecule has 246 valence electrons. The summed E-state index contributed by atoms with van der Waals surface area (Å²) >= 11 is 1.10. The Morgan fingerprint density at radius 1 is 0.681 bits per heavy atom. The summed E-state index contributed by atoms with van der Waals surface area (Å²) in [4.78, 5) is 0. The summed E-state index contributed by atoms with van der Waals surface area (Å²) in [5, 5.41) is 0. The van der Waals surface area contributed by atoms with Crippen molar-refractivity contribution in [2.75, 3.05) is 0 Å². The standard InChI is InChI=1S/C21H25.C15H11F3.C5H5.2ClH.Zr/c1-20(2,3)16-7-9-18-14(12-16)11-15-13-17(21(4,5)6)8-10-19(15)18;1-11-5-7-12(8-6-11)9-13-3-2-4-14(10-13)15(16,17)18;1-2-4-5-3-1;;;/h7-10,12H,11H2,1-6H3;2-8,10H,1H3;1-5H;2*1H;/q-1;;-1;;;+2/p-2. The van der Waals surface area contributed by atoms with Gasteiger partial charge in [0, 0.05) is 0 Å². The third kappa shape index (κ3) is 10.9. The van der Waals surface area contributed by atoms with E-state index in [1.54, 1.807) is 6.07 Å². The molecule has 47 heavy (non-hydrogen) atoms. The number of alkyl halides is 3. The second kappa shape index (κ2) is 16.6. The molecule has 0 fully saturated rings. The molecule has 0 spiro atoms. The molecule has 0 saturated carbocycles. The molecule has 0 saturated heterocycles. The van der Waals surface area contributed by atoms with Crippen LogP contribution < -0.4 is 24.8 Å². The number of aryl methyl sites for hydroxylation is 1. The van der Waals surface area contributed by atoms with Gasteiger partial charge in [0.1, 0.15) is 0 Å². The molecule has 6 heteroatoms. The van der Waals surface area contributed by atoms with Gasteiger partial charge in [0.15, 0.2) is 0 Å². The maximum atomic E-state index is 12.7. The van der Waals surface area contributed by atoms with Gasteiger partial charge in [-0.25, -0.2) is 12.1 Å². The van der Waals surface area contributed by atoms with Gasteiger partial charge in [-0.1, -0.05) is 65.3 Å². The number of halogens is 5. The predicted octanol–water partition coefficient (Wildman–Crippen LogP) is 5.20. The topological polar surface area (TPSA) is 0 Å². The fraction of sp³-hybridized carbons (Fsp3) is 0.268. The Morgan fingerprint density at radius 3 is 1.83 bits per heavy atom. The van der Waals surface area contributed by atoms with Crippen LogP contribution in [0.25, 0.3) is 11.1 Å². The molecule has 1 aliphatic rings. The first-order chi connectivity index (χ1) is 21.0. The number of rotatable bonds is 2. The first-order valence-corrected chi connectivity index (χ1v) is 16.5. The second-order valence-corrected chi connectivity index (χ2v) is 14.8. The Balaban J connectivity index is 0.000000275. The number of hydrogen-bond donors (Lipinski definition) is 0. The van der Waals surface area contributed by atoms with Gasteiger partial charge in [-0.15, -0.1) is 11.1 Å². The van der Waals surface area contributed by atoms with E-state index < -0.39 is 11.7 Å². The molecule has 0 atom stereocenters. The zero-order valence-electron chi connectivity index (χ0n) is 28.0. The maximum absolute atomic E-state index is 12.7. The van der Waals surface area contributed by atoms with Gasteiger partial charge in [0.25, 0.3) is 0 Å². The van der Waals surface area contributed by atoms with Crippen molar-refractivity contribution >= 4 is 3.21 Å². The summed E-state index contributed by atoms with van der Waals surface area (Å²) in [6, 6.07) is 38.5. The molecular weight excluding hydrogens is 712 g/mol. The normalized spacial score (nSPS) is 11.7. The van der Waals surface area contributed by atoms with Crippen LogP contribution in [-0.4, -0.2) is 3.21 Å². The number of hydrogen-bond acceptors (Lipinski definition) is 0. The molecule has 0 bridgehead atoms. The molecule has 5 aromatic rings. The summed E-state index contributed by atoms with van der Waals surface area (Å²) in [6.45, 7) is 15.6. The minimum Gasteiger partial charge on any atom is -1.00 e. The molecule has 6 rings (SSSR count). The SMILES string of the molecule is CC(C)(C)c1[c-]c2c(cc1)-c1ccc(C(C)(C)C)cc1C2.Cc1ccc([C](=[Zr+2])c2cccc(C(F)(F)F)c2)cc1.[Cl-].[Cl-].c1cc[cH-]c1. The Hall–Kier alpha value is -2.65. The minimum absolute atomic E-state index is 0. The van der Waals surface area contributed by atoms with E-state index in [1.165, 1.54) is 45.5 Å². The number of benzene rings is 4. The Labute approximate surface area is 306 Å². The smallest absolute Gasteiger partial charge is 0.172 e. The van der Waals surface area contributed by atoms with E-state index in [0.717, 1.165) is 51.1 Å². The summed E-state index contributed by atoms with van der Waals surface area (Å²) in [5.74, 6) is 0. The third-order valence-electron chi connectivity index (χ3n) is 7.84. The monoisotopic (exact) mass is 750 g/mol. The summed E-state index contributed by atoms with van der Waals surface area (Å²) < 4.78 is 39.0. The van der Waals surface area contributed by atoms with Crippen LogP contribution in [0.4, 0.5) is 13.2 Å². The molecule has 0 nitrogen and oxygen atoms in total. The van der Waals surface area contributed by atoms with Crippen molar-refractivity contribution in [2.45, 2.75) is 71.9 Å². The zero-order chi connectivity index (χ0) is 33.0. The number of fused-ring (bicyclic) bond motifs is 3. The van der Waals surface area contributed by atoms with Gasteiger partial charge in [-0.3, -0.25) is 0 Å². The van der Waals surface area contributed by atoms with E-state index in [0.29, 0.717) is 5.56 Å². The van der Waals surface area contributed by atoms with E-state index >= 15 is 0 Å². The van der Waals surface area contributed by atoms with Crippen LogP contribution in [0.5, 0.6) is 0 Å². The third-order valence-corrected chi connectivity index (χ3v) is 9.26. The first-order valence-electron chi connectivity index (χ1n) is 15.2. The fourth-order valence-electron chi connectivity index (χ4n) is 5.09. The van der Waals surface area contributed by atoms with Crippen LogP contribution in [-0.2, 0) is 47.7 Å². The molecule has 0 amide bonds. The van der Waals surface area contributed by atoms with Gasteiger partial charge < -0.3 is 24.8 Å². The molecule has 0 radical (unpaired) electrons. The molecule has 0 unspecified atom stereocenters. The molecule has 0 N–H and O–H groups in total. The van der Waals surface area contributed by atoms with Crippen molar-refractivity contribution < 1.29 is 62.2 Å². The summed E-state index contributed by atoms with van der Waals surface area (Å²) in [7, 11) is 0. The first kappa shape index (κ1) is 40.5. The Kier molecular flexibility index (Phi) is 14.4. The van der Waals surface area contributed by atoms with Crippen LogP contribution in [0.1, 0.15) is 86.1 Å². The average molecular weight is 753 g/mol. The van der Waals surface area contributed by atoms with Crippen molar-refractivity contribution in [3.05, 3.63) is 160 Å². The predicted molar refractivity (Wildman–Crippen MR) is 179 cm³/mol. The molecule has 5 aromatic carbocycles. The van der Waals surface area contributed by atoms with Gasteiger partial charge in [-0.2, -0.15) is 42.0 Å². The van der Waals surface area contributed by atoms with Crippen molar-refractivity contribution in [1.82, 2.24) is 0 Å². The van der Waals surface area contributed by atoms with E-state index in [4.69, 9.17) is 0 Å². The van der Waals surface area contributed by atoms with Crippen molar-refractivity contribution in [2.24, 2.45) is 0 Å². The summed E-state index contributed by atoms with van der Waals surface area (Å²) in [6.07, 6.45) is -3.27. The average Bonchev–Trinajstić information content (AvgIpc) is 3.68. The van der Waals surface area contributed by atoms with Gasteiger partial charge in [0.2, 0.25) is 0 Å². The van der Waals surface area contributed by atoms with E-state index in [2.05, 4.69) is 77.9 Å². The molecule has 0 aliphatic heterocycles. The van der Waals surface area contributed by atoms with Crippen LogP contribution in [0.2, 0.25) is 0 Å². The van der Waals surface area contributed by atoms with Crippen LogP contribution in [0.15, 0.2) is 109 Å². The van der Waals surface area contributed by atoms with Gasteiger partial charge in [0.05, 0.1) is 0 Å². The minimum atomic E-state index is -4.29.